The van der Waals surface area contributed by atoms with Gasteiger partial charge in [-0.1, -0.05) is 11.6 Å². The van der Waals surface area contributed by atoms with Gasteiger partial charge in [-0.25, -0.2) is 0 Å². The monoisotopic (exact) mass is 418 g/mol. The molecular weight excluding hydrogens is 395 g/mol. The molecule has 2 aromatic rings. The second kappa shape index (κ2) is 9.74. The number of fused-ring (bicyclic) bond motifs is 1. The molecule has 148 valence electrons. The second-order valence-corrected chi connectivity index (χ2v) is 7.10. The Kier molecular flexibility index (Phi) is 7.64. The number of nitrogens with one attached hydrogen (secondary N) is 1. The summed E-state index contributed by atoms with van der Waals surface area (Å²) < 4.78 is 0. The Morgan fingerprint density at radius 2 is 1.96 bits per heavy atom. The van der Waals surface area contributed by atoms with Gasteiger partial charge in [0.05, 0.1) is 25.2 Å². The molecule has 0 saturated heterocycles. The molecule has 3 rings (SSSR count). The number of benzene rings is 2. The van der Waals surface area contributed by atoms with Crippen molar-refractivity contribution in [2.24, 2.45) is 10.2 Å². The summed E-state index contributed by atoms with van der Waals surface area (Å²) in [6.45, 7) is 4.55. The van der Waals surface area contributed by atoms with Gasteiger partial charge in [-0.05, 0) is 37.3 Å². The van der Waals surface area contributed by atoms with Crippen molar-refractivity contribution in [3.63, 3.8) is 0 Å². The van der Waals surface area contributed by atoms with Gasteiger partial charge in [0.1, 0.15) is 11.4 Å². The lowest BCUT2D eigenvalue weighted by atomic mass is 10.2. The van der Waals surface area contributed by atoms with Crippen LogP contribution in [0.4, 0.5) is 28.4 Å². The lowest BCUT2D eigenvalue weighted by molar-refractivity contribution is -0.802. The van der Waals surface area contributed by atoms with Crippen LogP contribution in [-0.4, -0.2) is 33.9 Å². The molecule has 6 nitrogen and oxygen atoms in total. The number of hydrogen-bond acceptors (Lipinski definition) is 5. The van der Waals surface area contributed by atoms with Crippen molar-refractivity contribution in [2.45, 2.75) is 13.3 Å². The average molecular weight is 419 g/mol. The highest BCUT2D eigenvalue weighted by molar-refractivity contribution is 6.31. The maximum Gasteiger partial charge on any atom is 0.160 e. The molecule has 1 heterocycles. The molecule has 0 saturated carbocycles. The molecule has 0 aromatic heterocycles. The first kappa shape index (κ1) is 22.0. The average Bonchev–Trinajstić information content (AvgIpc) is 2.95. The van der Waals surface area contributed by atoms with Gasteiger partial charge in [-0.3, -0.25) is 4.90 Å². The fraction of sp³-hybridized carbons (Fsp3) is 0.350. The zero-order chi connectivity index (χ0) is 19.4. The molecular formula is C20H24Cl2N6. The van der Waals surface area contributed by atoms with Crippen molar-refractivity contribution in [3.8, 4) is 6.07 Å². The molecule has 8 heteroatoms. The van der Waals surface area contributed by atoms with Crippen LogP contribution in [0.25, 0.3) is 0 Å². The third kappa shape index (κ3) is 4.74. The largest absolute Gasteiger partial charge is 1.00 e. The molecule has 1 atom stereocenters. The lowest BCUT2D eigenvalue weighted by Gasteiger charge is -2.21. The van der Waals surface area contributed by atoms with Crippen LogP contribution in [0.5, 0.6) is 0 Å². The number of quaternary nitrogens is 1. The normalized spacial score (nSPS) is 15.2. The Bertz CT molecular complexity index is 876. The number of anilines is 2. The first-order valence-electron chi connectivity index (χ1n) is 9.04. The van der Waals surface area contributed by atoms with Crippen molar-refractivity contribution in [1.29, 1.82) is 5.26 Å². The minimum atomic E-state index is 0. The van der Waals surface area contributed by atoms with Gasteiger partial charge in [0.2, 0.25) is 0 Å². The summed E-state index contributed by atoms with van der Waals surface area (Å²) in [5.41, 5.74) is 4.87. The van der Waals surface area contributed by atoms with Crippen LogP contribution in [0, 0.1) is 11.3 Å². The standard InChI is InChI=1S/C20H23ClN6.ClH/c1-4-27(11-5-10-22)17-8-6-16(7-9-17)23-24-18-12-15(21)13-19-20(18)26(3)14-25(19)2;/h6-9,12-13H,4-5,11,14H2,1-3H3;1H. The lowest BCUT2D eigenvalue weighted by Crippen LogP contribution is -3.03. The predicted molar refractivity (Wildman–Crippen MR) is 110 cm³/mol. The zero-order valence-corrected chi connectivity index (χ0v) is 17.8. The SMILES string of the molecule is CCN(CCC#N)c1ccc(N=Nc2cc(Cl)cc3c2N(C)C[NH+]3C)cc1.[Cl-]. The summed E-state index contributed by atoms with van der Waals surface area (Å²) in [7, 11) is 4.17. The maximum atomic E-state index is 8.78. The van der Waals surface area contributed by atoms with E-state index in [9.17, 15) is 0 Å². The molecule has 0 amide bonds. The van der Waals surface area contributed by atoms with Gasteiger partial charge < -0.3 is 22.2 Å². The molecule has 1 N–H and O–H groups in total. The fourth-order valence-corrected chi connectivity index (χ4v) is 3.62. The minimum absolute atomic E-state index is 0. The van der Waals surface area contributed by atoms with E-state index in [2.05, 4.69) is 47.1 Å². The number of nitrogens with zero attached hydrogens (tertiary/aromatic N) is 5. The van der Waals surface area contributed by atoms with E-state index in [4.69, 9.17) is 16.9 Å². The minimum Gasteiger partial charge on any atom is -1.00 e. The predicted octanol–water partition coefficient (Wildman–Crippen LogP) is 1.05. The zero-order valence-electron chi connectivity index (χ0n) is 16.3. The summed E-state index contributed by atoms with van der Waals surface area (Å²) in [6.07, 6.45) is 0.513. The smallest absolute Gasteiger partial charge is 0.160 e. The first-order chi connectivity index (χ1) is 13.0. The van der Waals surface area contributed by atoms with Gasteiger partial charge >= 0.3 is 0 Å². The topological polar surface area (TPSA) is 59.4 Å². The van der Waals surface area contributed by atoms with E-state index in [0.29, 0.717) is 11.4 Å². The quantitative estimate of drug-likeness (QED) is 0.713. The number of nitriles is 1. The summed E-state index contributed by atoms with van der Waals surface area (Å²) >= 11 is 6.27. The van der Waals surface area contributed by atoms with Crippen molar-refractivity contribution in [2.75, 3.05) is 43.7 Å². The Balaban J connectivity index is 0.00000280. The highest BCUT2D eigenvalue weighted by atomic mass is 35.5. The fourth-order valence-electron chi connectivity index (χ4n) is 3.40. The van der Waals surface area contributed by atoms with E-state index in [1.807, 2.05) is 36.4 Å². The van der Waals surface area contributed by atoms with Gasteiger partial charge in [0, 0.05) is 36.9 Å². The van der Waals surface area contributed by atoms with Gasteiger partial charge in [0.15, 0.2) is 12.4 Å². The van der Waals surface area contributed by atoms with Crippen molar-refractivity contribution in [1.82, 2.24) is 0 Å². The molecule has 0 aliphatic carbocycles. The van der Waals surface area contributed by atoms with Crippen LogP contribution in [0.1, 0.15) is 13.3 Å². The maximum absolute atomic E-state index is 8.78. The third-order valence-electron chi connectivity index (χ3n) is 4.73. The van der Waals surface area contributed by atoms with E-state index in [-0.39, 0.29) is 12.4 Å². The summed E-state index contributed by atoms with van der Waals surface area (Å²) in [6, 6.07) is 14.0. The molecule has 0 spiro atoms. The molecule has 0 bridgehead atoms. The molecule has 2 aromatic carbocycles. The highest BCUT2D eigenvalue weighted by Gasteiger charge is 2.29. The summed E-state index contributed by atoms with van der Waals surface area (Å²) in [4.78, 5) is 5.63. The number of azo groups is 1. The Morgan fingerprint density at radius 3 is 2.61 bits per heavy atom. The molecule has 1 aliphatic heterocycles. The number of rotatable bonds is 6. The van der Waals surface area contributed by atoms with E-state index in [0.717, 1.165) is 48.2 Å². The third-order valence-corrected chi connectivity index (χ3v) is 4.95. The van der Waals surface area contributed by atoms with Crippen LogP contribution < -0.4 is 27.1 Å². The molecule has 1 aliphatic rings. The van der Waals surface area contributed by atoms with Crippen molar-refractivity contribution >= 4 is 40.0 Å². The molecule has 28 heavy (non-hydrogen) atoms. The van der Waals surface area contributed by atoms with Crippen LogP contribution in [0.2, 0.25) is 5.02 Å². The molecule has 0 fully saturated rings. The number of hydrogen-bond donors (Lipinski definition) is 1. The Hall–Kier alpha value is -2.33. The van der Waals surface area contributed by atoms with Gasteiger partial charge in [-0.2, -0.15) is 10.4 Å². The van der Waals surface area contributed by atoms with Crippen LogP contribution in [0.3, 0.4) is 0 Å². The van der Waals surface area contributed by atoms with Gasteiger partial charge in [-0.15, -0.1) is 5.11 Å². The van der Waals surface area contributed by atoms with Gasteiger partial charge in [0.25, 0.3) is 0 Å². The molecule has 1 unspecified atom stereocenters. The first-order valence-corrected chi connectivity index (χ1v) is 9.42. The second-order valence-electron chi connectivity index (χ2n) is 6.66. The van der Waals surface area contributed by atoms with Crippen molar-refractivity contribution in [3.05, 3.63) is 41.4 Å². The van der Waals surface area contributed by atoms with E-state index < -0.39 is 0 Å². The Morgan fingerprint density at radius 1 is 1.25 bits per heavy atom. The van der Waals surface area contributed by atoms with E-state index >= 15 is 0 Å². The van der Waals surface area contributed by atoms with Crippen LogP contribution >= 0.6 is 11.6 Å². The van der Waals surface area contributed by atoms with E-state index in [1.165, 1.54) is 4.90 Å². The van der Waals surface area contributed by atoms with Crippen LogP contribution in [-0.2, 0) is 0 Å². The molecule has 0 radical (unpaired) electrons. The van der Waals surface area contributed by atoms with Crippen molar-refractivity contribution < 1.29 is 17.3 Å². The van der Waals surface area contributed by atoms with E-state index in [1.54, 1.807) is 0 Å². The Labute approximate surface area is 177 Å². The number of halogens is 2. The van der Waals surface area contributed by atoms with Crippen LogP contribution in [0.15, 0.2) is 46.6 Å². The highest BCUT2D eigenvalue weighted by Crippen LogP contribution is 2.39. The summed E-state index contributed by atoms with van der Waals surface area (Å²) in [5.74, 6) is 0. The summed E-state index contributed by atoms with van der Waals surface area (Å²) in [5, 5.41) is 18.3.